The van der Waals surface area contributed by atoms with Crippen LogP contribution in [0.2, 0.25) is 0 Å². The van der Waals surface area contributed by atoms with E-state index in [4.69, 9.17) is 4.74 Å². The molecule has 0 unspecified atom stereocenters. The molecular formula is C21H24F2N2O3. The van der Waals surface area contributed by atoms with Gasteiger partial charge in [0.25, 0.3) is 0 Å². The number of fused-ring (bicyclic) bond motifs is 1. The maximum atomic E-state index is 15.5. The van der Waals surface area contributed by atoms with Crippen LogP contribution in [0, 0.1) is 11.6 Å². The van der Waals surface area contributed by atoms with Gasteiger partial charge in [-0.25, -0.2) is 13.6 Å². The summed E-state index contributed by atoms with van der Waals surface area (Å²) in [4.78, 5) is 27.0. The number of hydrogen-bond acceptors (Lipinski definition) is 4. The van der Waals surface area contributed by atoms with Gasteiger partial charge in [0.05, 0.1) is 17.5 Å². The standard InChI is InChI=1S/C21H24F2N2O3/c1-2-28-21(27)16-12-25(13-6-7-13)19-14(20(16)26)10-17(22)15(18(19)23)11-24-8-4-3-5-9-24/h10,12-13H,2-9,11H2,1H3. The molecule has 1 saturated carbocycles. The zero-order valence-electron chi connectivity index (χ0n) is 16.0. The maximum Gasteiger partial charge on any atom is 0.343 e. The number of aromatic nitrogens is 1. The van der Waals surface area contributed by atoms with E-state index in [9.17, 15) is 14.0 Å². The summed E-state index contributed by atoms with van der Waals surface area (Å²) in [6.45, 7) is 3.58. The zero-order valence-corrected chi connectivity index (χ0v) is 16.0. The minimum absolute atomic E-state index is 0.00733. The van der Waals surface area contributed by atoms with E-state index in [2.05, 4.69) is 0 Å². The van der Waals surface area contributed by atoms with E-state index in [1.54, 1.807) is 11.5 Å². The van der Waals surface area contributed by atoms with Crippen molar-refractivity contribution in [3.63, 3.8) is 0 Å². The van der Waals surface area contributed by atoms with Gasteiger partial charge in [-0.05, 0) is 51.8 Å². The first-order valence-electron chi connectivity index (χ1n) is 9.96. The van der Waals surface area contributed by atoms with Crippen molar-refractivity contribution in [1.82, 2.24) is 9.47 Å². The van der Waals surface area contributed by atoms with Gasteiger partial charge in [-0.15, -0.1) is 0 Å². The lowest BCUT2D eigenvalue weighted by Crippen LogP contribution is -2.30. The fourth-order valence-corrected chi connectivity index (χ4v) is 3.96. The molecule has 0 atom stereocenters. The molecule has 0 radical (unpaired) electrons. The summed E-state index contributed by atoms with van der Waals surface area (Å²) < 4.78 is 36.8. The molecule has 1 aliphatic heterocycles. The van der Waals surface area contributed by atoms with Crippen LogP contribution in [0.25, 0.3) is 10.9 Å². The Kier molecular flexibility index (Phi) is 5.19. The Morgan fingerprint density at radius 1 is 1.21 bits per heavy atom. The molecule has 1 aromatic heterocycles. The molecule has 5 nitrogen and oxygen atoms in total. The van der Waals surface area contributed by atoms with E-state index in [1.165, 1.54) is 6.20 Å². The molecule has 2 aromatic rings. The molecular weight excluding hydrogens is 366 g/mol. The number of benzene rings is 1. The van der Waals surface area contributed by atoms with Crippen LogP contribution < -0.4 is 5.43 Å². The van der Waals surface area contributed by atoms with Crippen molar-refractivity contribution in [2.24, 2.45) is 0 Å². The second kappa shape index (κ2) is 7.62. The first-order chi connectivity index (χ1) is 13.5. The van der Waals surface area contributed by atoms with E-state index in [0.717, 1.165) is 51.3 Å². The van der Waals surface area contributed by atoms with Gasteiger partial charge in [0.1, 0.15) is 11.4 Å². The SMILES string of the molecule is CCOC(=O)c1cn(C2CC2)c2c(F)c(CN3CCCCC3)c(F)cc2c1=O. The average Bonchev–Trinajstić information content (AvgIpc) is 3.52. The molecule has 2 aliphatic rings. The van der Waals surface area contributed by atoms with E-state index < -0.39 is 23.0 Å². The van der Waals surface area contributed by atoms with Crippen LogP contribution in [0.1, 0.15) is 61.0 Å². The molecule has 0 spiro atoms. The number of hydrogen-bond donors (Lipinski definition) is 0. The minimum atomic E-state index is -0.762. The van der Waals surface area contributed by atoms with Crippen LogP contribution in [-0.4, -0.2) is 35.1 Å². The molecule has 1 saturated heterocycles. The Bertz CT molecular complexity index is 976. The van der Waals surface area contributed by atoms with Gasteiger partial charge in [-0.3, -0.25) is 9.69 Å². The highest BCUT2D eigenvalue weighted by Gasteiger charge is 2.30. The first-order valence-corrected chi connectivity index (χ1v) is 9.96. The van der Waals surface area contributed by atoms with Gasteiger partial charge in [0.2, 0.25) is 5.43 Å². The molecule has 0 bridgehead atoms. The Labute approximate surface area is 161 Å². The number of rotatable bonds is 5. The van der Waals surface area contributed by atoms with Crippen molar-refractivity contribution in [2.45, 2.75) is 51.6 Å². The Morgan fingerprint density at radius 2 is 1.93 bits per heavy atom. The summed E-state index contributed by atoms with van der Waals surface area (Å²) in [5, 5.41) is -0.102. The summed E-state index contributed by atoms with van der Waals surface area (Å²) >= 11 is 0. The number of carbonyl (C=O) groups is 1. The normalized spacial score (nSPS) is 17.8. The minimum Gasteiger partial charge on any atom is -0.462 e. The van der Waals surface area contributed by atoms with E-state index in [1.807, 2.05) is 4.90 Å². The van der Waals surface area contributed by atoms with Gasteiger partial charge in [-0.1, -0.05) is 6.42 Å². The molecule has 0 amide bonds. The van der Waals surface area contributed by atoms with E-state index in [0.29, 0.717) is 0 Å². The second-order valence-corrected chi connectivity index (χ2v) is 7.61. The average molecular weight is 390 g/mol. The lowest BCUT2D eigenvalue weighted by atomic mass is 10.0. The predicted molar refractivity (Wildman–Crippen MR) is 101 cm³/mol. The smallest absolute Gasteiger partial charge is 0.343 e. The van der Waals surface area contributed by atoms with Crippen molar-refractivity contribution < 1.29 is 18.3 Å². The lowest BCUT2D eigenvalue weighted by Gasteiger charge is -2.27. The highest BCUT2D eigenvalue weighted by Crippen LogP contribution is 2.38. The number of nitrogens with zero attached hydrogens (tertiary/aromatic N) is 2. The molecule has 4 rings (SSSR count). The summed E-state index contributed by atoms with van der Waals surface area (Å²) in [7, 11) is 0. The number of likely N-dealkylation sites (tertiary alicyclic amines) is 1. The summed E-state index contributed by atoms with van der Waals surface area (Å²) in [6.07, 6.45) is 6.22. The summed E-state index contributed by atoms with van der Waals surface area (Å²) in [5.41, 5.74) is -0.780. The lowest BCUT2D eigenvalue weighted by molar-refractivity contribution is 0.0524. The monoisotopic (exact) mass is 390 g/mol. The number of halogens is 2. The number of esters is 1. The maximum absolute atomic E-state index is 15.5. The first kappa shape index (κ1) is 19.1. The molecule has 2 fully saturated rings. The largest absolute Gasteiger partial charge is 0.462 e. The third-order valence-corrected chi connectivity index (χ3v) is 5.57. The number of piperidine rings is 1. The third kappa shape index (κ3) is 3.43. The third-order valence-electron chi connectivity index (χ3n) is 5.57. The van der Waals surface area contributed by atoms with Gasteiger partial charge < -0.3 is 9.30 Å². The molecule has 150 valence electrons. The molecule has 7 heteroatoms. The van der Waals surface area contributed by atoms with Gasteiger partial charge >= 0.3 is 5.97 Å². The Morgan fingerprint density at radius 3 is 2.57 bits per heavy atom. The molecule has 1 aliphatic carbocycles. The molecule has 1 aromatic carbocycles. The number of carbonyl (C=O) groups excluding carboxylic acids is 1. The summed E-state index contributed by atoms with van der Waals surface area (Å²) in [5.74, 6) is -2.20. The predicted octanol–water partition coefficient (Wildman–Crippen LogP) is 3.78. The second-order valence-electron chi connectivity index (χ2n) is 7.61. The number of pyridine rings is 1. The van der Waals surface area contributed by atoms with Gasteiger partial charge in [0, 0.05) is 24.3 Å². The van der Waals surface area contributed by atoms with E-state index >= 15 is 4.39 Å². The van der Waals surface area contributed by atoms with Crippen LogP contribution in [0.5, 0.6) is 0 Å². The topological polar surface area (TPSA) is 51.5 Å². The summed E-state index contributed by atoms with van der Waals surface area (Å²) in [6, 6.07) is 1.10. The molecule has 0 N–H and O–H groups in total. The van der Waals surface area contributed by atoms with Crippen molar-refractivity contribution >= 4 is 16.9 Å². The van der Waals surface area contributed by atoms with Crippen molar-refractivity contribution in [1.29, 1.82) is 0 Å². The highest BCUT2D eigenvalue weighted by molar-refractivity contribution is 5.94. The molecule has 28 heavy (non-hydrogen) atoms. The van der Waals surface area contributed by atoms with Crippen LogP contribution in [0.15, 0.2) is 17.1 Å². The Hall–Kier alpha value is -2.28. The van der Waals surface area contributed by atoms with E-state index in [-0.39, 0.29) is 41.2 Å². The zero-order chi connectivity index (χ0) is 19.8. The van der Waals surface area contributed by atoms with Crippen molar-refractivity contribution in [3.05, 3.63) is 45.2 Å². The van der Waals surface area contributed by atoms with Crippen molar-refractivity contribution in [2.75, 3.05) is 19.7 Å². The van der Waals surface area contributed by atoms with Crippen LogP contribution in [0.3, 0.4) is 0 Å². The fourth-order valence-electron chi connectivity index (χ4n) is 3.96. The van der Waals surface area contributed by atoms with Crippen LogP contribution in [0.4, 0.5) is 8.78 Å². The van der Waals surface area contributed by atoms with Crippen LogP contribution >= 0.6 is 0 Å². The highest BCUT2D eigenvalue weighted by atomic mass is 19.1. The fraction of sp³-hybridized carbons (Fsp3) is 0.524. The quantitative estimate of drug-likeness (QED) is 0.729. The molecule has 2 heterocycles. The van der Waals surface area contributed by atoms with Gasteiger partial charge in [-0.2, -0.15) is 0 Å². The number of ether oxygens (including phenoxy) is 1. The van der Waals surface area contributed by atoms with Gasteiger partial charge in [0.15, 0.2) is 5.82 Å². The van der Waals surface area contributed by atoms with Crippen molar-refractivity contribution in [3.8, 4) is 0 Å². The Balaban J connectivity index is 1.87. The van der Waals surface area contributed by atoms with Crippen LogP contribution in [-0.2, 0) is 11.3 Å².